The normalized spacial score (nSPS) is 17.9. The summed E-state index contributed by atoms with van der Waals surface area (Å²) in [6.07, 6.45) is 0. The Labute approximate surface area is 106 Å². The molecule has 0 atom stereocenters. The first-order valence-corrected chi connectivity index (χ1v) is 5.97. The number of hydrogen-bond donors (Lipinski definition) is 1. The average molecular weight is 255 g/mol. The van der Waals surface area contributed by atoms with Crippen LogP contribution in [0.4, 0.5) is 10.2 Å². The van der Waals surface area contributed by atoms with Gasteiger partial charge < -0.3 is 15.4 Å². The number of halogens is 1. The maximum Gasteiger partial charge on any atom is 0.321 e. The Bertz CT molecular complexity index is 375. The van der Waals surface area contributed by atoms with E-state index in [1.807, 2.05) is 0 Å². The summed E-state index contributed by atoms with van der Waals surface area (Å²) in [7, 11) is 2.11. The van der Waals surface area contributed by atoms with Gasteiger partial charge in [-0.3, -0.25) is 4.90 Å². The van der Waals surface area contributed by atoms with Crippen molar-refractivity contribution in [3.8, 4) is 6.01 Å². The number of aromatic nitrogens is 2. The zero-order valence-electron chi connectivity index (χ0n) is 10.5. The highest BCUT2D eigenvalue weighted by molar-refractivity contribution is 5.27. The molecule has 2 N–H and O–H groups in total. The van der Waals surface area contributed by atoms with Gasteiger partial charge in [0.2, 0.25) is 5.95 Å². The molecule has 0 unspecified atom stereocenters. The van der Waals surface area contributed by atoms with E-state index < -0.39 is 5.95 Å². The first-order valence-electron chi connectivity index (χ1n) is 5.97. The lowest BCUT2D eigenvalue weighted by Crippen LogP contribution is -2.45. The predicted octanol–water partition coefficient (Wildman–Crippen LogP) is -0.176. The Morgan fingerprint density at radius 1 is 1.33 bits per heavy atom. The monoisotopic (exact) mass is 255 g/mol. The van der Waals surface area contributed by atoms with E-state index in [1.54, 1.807) is 0 Å². The quantitative estimate of drug-likeness (QED) is 0.753. The lowest BCUT2D eigenvalue weighted by atomic mass is 10.3. The fraction of sp³-hybridized carbons (Fsp3) is 0.636. The molecule has 0 amide bonds. The van der Waals surface area contributed by atoms with Crippen molar-refractivity contribution < 1.29 is 9.13 Å². The zero-order valence-corrected chi connectivity index (χ0v) is 10.5. The first kappa shape index (κ1) is 13.0. The number of ether oxygens (including phenoxy) is 1. The molecule has 0 spiro atoms. The number of anilines is 1. The van der Waals surface area contributed by atoms with Crippen LogP contribution in [0, 0.1) is 5.95 Å². The second-order valence-corrected chi connectivity index (χ2v) is 4.39. The number of nitrogens with zero attached hydrogens (tertiary/aromatic N) is 4. The van der Waals surface area contributed by atoms with Crippen molar-refractivity contribution >= 4 is 5.82 Å². The fourth-order valence-corrected chi connectivity index (χ4v) is 1.82. The third-order valence-electron chi connectivity index (χ3n) is 2.93. The maximum absolute atomic E-state index is 12.9. The van der Waals surface area contributed by atoms with Crippen molar-refractivity contribution in [2.75, 3.05) is 52.1 Å². The van der Waals surface area contributed by atoms with Crippen LogP contribution < -0.4 is 10.5 Å². The van der Waals surface area contributed by atoms with Gasteiger partial charge >= 0.3 is 6.01 Å². The SMILES string of the molecule is CN1CCN(CCOc2nc(N)cc(F)n2)CC1. The highest BCUT2D eigenvalue weighted by atomic mass is 19.1. The van der Waals surface area contributed by atoms with E-state index in [0.29, 0.717) is 6.61 Å². The minimum absolute atomic E-state index is 0.00151. The number of rotatable bonds is 4. The summed E-state index contributed by atoms with van der Waals surface area (Å²) in [6, 6.07) is 1.06. The second kappa shape index (κ2) is 5.92. The molecule has 0 radical (unpaired) electrons. The molecule has 2 rings (SSSR count). The van der Waals surface area contributed by atoms with Crippen molar-refractivity contribution in [3.63, 3.8) is 0 Å². The second-order valence-electron chi connectivity index (χ2n) is 4.39. The molecule has 2 heterocycles. The predicted molar refractivity (Wildman–Crippen MR) is 65.8 cm³/mol. The molecule has 0 aromatic carbocycles. The van der Waals surface area contributed by atoms with Gasteiger partial charge in [0.1, 0.15) is 12.4 Å². The largest absolute Gasteiger partial charge is 0.462 e. The summed E-state index contributed by atoms with van der Waals surface area (Å²) in [5, 5.41) is 0. The van der Waals surface area contributed by atoms with Crippen LogP contribution in [0.3, 0.4) is 0 Å². The van der Waals surface area contributed by atoms with Crippen molar-refractivity contribution in [1.82, 2.24) is 19.8 Å². The number of hydrogen-bond acceptors (Lipinski definition) is 6. The topological polar surface area (TPSA) is 67.5 Å². The lowest BCUT2D eigenvalue weighted by molar-refractivity contribution is 0.131. The van der Waals surface area contributed by atoms with Crippen LogP contribution in [0.2, 0.25) is 0 Å². The molecule has 6 nitrogen and oxygen atoms in total. The first-order chi connectivity index (χ1) is 8.63. The molecule has 1 aliphatic rings. The van der Waals surface area contributed by atoms with Crippen molar-refractivity contribution in [1.29, 1.82) is 0 Å². The Morgan fingerprint density at radius 2 is 2.06 bits per heavy atom. The average Bonchev–Trinajstić information content (AvgIpc) is 2.30. The molecule has 18 heavy (non-hydrogen) atoms. The van der Waals surface area contributed by atoms with Crippen LogP contribution in [0.15, 0.2) is 6.07 Å². The van der Waals surface area contributed by atoms with E-state index in [-0.39, 0.29) is 11.8 Å². The van der Waals surface area contributed by atoms with Gasteiger partial charge in [-0.1, -0.05) is 0 Å². The summed E-state index contributed by atoms with van der Waals surface area (Å²) in [6.45, 7) is 5.38. The van der Waals surface area contributed by atoms with E-state index >= 15 is 0 Å². The van der Waals surface area contributed by atoms with Crippen LogP contribution in [0.5, 0.6) is 6.01 Å². The van der Waals surface area contributed by atoms with E-state index in [2.05, 4.69) is 26.8 Å². The Kier molecular flexibility index (Phi) is 4.27. The Hall–Kier alpha value is -1.47. The van der Waals surface area contributed by atoms with E-state index in [1.165, 1.54) is 0 Å². The smallest absolute Gasteiger partial charge is 0.321 e. The minimum Gasteiger partial charge on any atom is -0.462 e. The molecular formula is C11H18FN5O. The van der Waals surface area contributed by atoms with Gasteiger partial charge in [-0.15, -0.1) is 0 Å². The van der Waals surface area contributed by atoms with Crippen LogP contribution in [-0.2, 0) is 0 Å². The molecule has 0 aliphatic carbocycles. The molecule has 1 aliphatic heterocycles. The van der Waals surface area contributed by atoms with E-state index in [4.69, 9.17) is 10.5 Å². The van der Waals surface area contributed by atoms with Gasteiger partial charge in [-0.05, 0) is 7.05 Å². The molecule has 1 aromatic rings. The highest BCUT2D eigenvalue weighted by Gasteiger charge is 2.13. The third kappa shape index (κ3) is 3.78. The van der Waals surface area contributed by atoms with Gasteiger partial charge in [0, 0.05) is 38.8 Å². The molecule has 0 saturated carbocycles. The van der Waals surface area contributed by atoms with Crippen LogP contribution >= 0.6 is 0 Å². The van der Waals surface area contributed by atoms with E-state index in [9.17, 15) is 4.39 Å². The summed E-state index contributed by atoms with van der Waals surface area (Å²) in [5.41, 5.74) is 5.40. The summed E-state index contributed by atoms with van der Waals surface area (Å²) in [5.74, 6) is -0.589. The highest BCUT2D eigenvalue weighted by Crippen LogP contribution is 2.07. The van der Waals surface area contributed by atoms with Crippen molar-refractivity contribution in [3.05, 3.63) is 12.0 Å². The van der Waals surface area contributed by atoms with E-state index in [0.717, 1.165) is 38.8 Å². The van der Waals surface area contributed by atoms with Crippen LogP contribution in [0.25, 0.3) is 0 Å². The molecule has 0 bridgehead atoms. The van der Waals surface area contributed by atoms with Crippen LogP contribution in [0.1, 0.15) is 0 Å². The van der Waals surface area contributed by atoms with Crippen LogP contribution in [-0.4, -0.2) is 66.1 Å². The van der Waals surface area contributed by atoms with Crippen molar-refractivity contribution in [2.24, 2.45) is 0 Å². The third-order valence-corrected chi connectivity index (χ3v) is 2.93. The fourth-order valence-electron chi connectivity index (χ4n) is 1.82. The molecule has 1 saturated heterocycles. The Balaban J connectivity index is 1.74. The van der Waals surface area contributed by atoms with Gasteiger partial charge in [-0.25, -0.2) is 0 Å². The van der Waals surface area contributed by atoms with Gasteiger partial charge in [0.05, 0.1) is 0 Å². The van der Waals surface area contributed by atoms with Gasteiger partial charge in [-0.2, -0.15) is 14.4 Å². The minimum atomic E-state index is -0.669. The molecule has 7 heteroatoms. The zero-order chi connectivity index (χ0) is 13.0. The number of nitrogens with two attached hydrogens (primary N) is 1. The molecule has 1 fully saturated rings. The molecule has 100 valence electrons. The number of piperazine rings is 1. The summed E-state index contributed by atoms with van der Waals surface area (Å²) >= 11 is 0. The summed E-state index contributed by atoms with van der Waals surface area (Å²) in [4.78, 5) is 11.9. The lowest BCUT2D eigenvalue weighted by Gasteiger charge is -2.31. The number of nitrogen functional groups attached to an aromatic ring is 1. The standard InChI is InChI=1S/C11H18FN5O/c1-16-2-4-17(5-3-16)6-7-18-11-14-9(12)8-10(13)15-11/h8H,2-7H2,1H3,(H2,13,14,15). The van der Waals surface area contributed by atoms with Gasteiger partial charge in [0.15, 0.2) is 0 Å². The summed E-state index contributed by atoms with van der Waals surface area (Å²) < 4.78 is 18.2. The molecular weight excluding hydrogens is 237 g/mol. The Morgan fingerprint density at radius 3 is 2.72 bits per heavy atom. The van der Waals surface area contributed by atoms with Gasteiger partial charge in [0.25, 0.3) is 0 Å². The number of likely N-dealkylation sites (N-methyl/N-ethyl adjacent to an activating group) is 1. The molecule has 1 aromatic heterocycles. The van der Waals surface area contributed by atoms with Crippen molar-refractivity contribution in [2.45, 2.75) is 0 Å². The maximum atomic E-state index is 12.9.